The van der Waals surface area contributed by atoms with Crippen molar-refractivity contribution in [3.8, 4) is 0 Å². The molecule has 0 N–H and O–H groups in total. The van der Waals surface area contributed by atoms with E-state index >= 15 is 0 Å². The molecular weight excluding hydrogens is 515 g/mol. The van der Waals surface area contributed by atoms with Crippen molar-refractivity contribution in [1.82, 2.24) is 9.80 Å². The van der Waals surface area contributed by atoms with Gasteiger partial charge in [0, 0.05) is 0 Å². The van der Waals surface area contributed by atoms with Gasteiger partial charge in [0.25, 0.3) is 0 Å². The highest BCUT2D eigenvalue weighted by Crippen LogP contribution is 2.22. The van der Waals surface area contributed by atoms with Crippen LogP contribution in [-0.4, -0.2) is 51.1 Å². The van der Waals surface area contributed by atoms with Gasteiger partial charge in [-0.3, -0.25) is 0 Å². The molecule has 42 heavy (non-hydrogen) atoms. The van der Waals surface area contributed by atoms with Crippen molar-refractivity contribution in [1.29, 1.82) is 0 Å². The number of halogens is 1. The molecule has 0 spiro atoms. The van der Waals surface area contributed by atoms with E-state index in [2.05, 4.69) is 151 Å². The van der Waals surface area contributed by atoms with Gasteiger partial charge in [-0.15, -0.1) is 0 Å². The Kier molecular flexibility index (Phi) is 20.5. The molecule has 2 rings (SSSR count). The van der Waals surface area contributed by atoms with Gasteiger partial charge in [0.15, 0.2) is 0 Å². The summed E-state index contributed by atoms with van der Waals surface area (Å²) in [5, 5.41) is 0. The highest BCUT2D eigenvalue weighted by atomic mass is 19.1. The number of benzene rings is 2. The molecule has 0 fully saturated rings. The topological polar surface area (TPSA) is 6.48 Å². The molecule has 0 radical (unpaired) electrons. The lowest BCUT2D eigenvalue weighted by molar-refractivity contribution is 0.297. The summed E-state index contributed by atoms with van der Waals surface area (Å²) < 4.78 is 12.5. The normalized spacial score (nSPS) is 12.1. The van der Waals surface area contributed by atoms with Crippen LogP contribution in [-0.2, 0) is 12.8 Å². The fourth-order valence-corrected chi connectivity index (χ4v) is 3.91. The van der Waals surface area contributed by atoms with Gasteiger partial charge in [-0.25, -0.2) is 4.39 Å². The number of hydrogen-bond acceptors (Lipinski definition) is 2. The summed E-state index contributed by atoms with van der Waals surface area (Å²) in [5.41, 5.74) is 4.31. The van der Waals surface area contributed by atoms with Gasteiger partial charge in [0.05, 0.1) is 0 Å². The third-order valence-corrected chi connectivity index (χ3v) is 6.07. The Morgan fingerprint density at radius 1 is 0.476 bits per heavy atom. The maximum Gasteiger partial charge on any atom is 0.123 e. The molecule has 0 unspecified atom stereocenters. The second-order valence-corrected chi connectivity index (χ2v) is 17.2. The average Bonchev–Trinajstić information content (AvgIpc) is 2.78. The van der Waals surface area contributed by atoms with E-state index in [0.29, 0.717) is 16.2 Å². The Balaban J connectivity index is 0. The summed E-state index contributed by atoms with van der Waals surface area (Å²) >= 11 is 0. The lowest BCUT2D eigenvalue weighted by Gasteiger charge is -2.20. The highest BCUT2D eigenvalue weighted by molar-refractivity contribution is 5.17. The van der Waals surface area contributed by atoms with Crippen LogP contribution >= 0.6 is 0 Å². The van der Waals surface area contributed by atoms with E-state index in [1.807, 2.05) is 12.1 Å². The van der Waals surface area contributed by atoms with Crippen LogP contribution in [0, 0.1) is 27.5 Å². The van der Waals surface area contributed by atoms with Crippen molar-refractivity contribution < 1.29 is 4.39 Å². The molecular formula is C39H71FN2. The second kappa shape index (κ2) is 20.3. The molecule has 0 saturated heterocycles. The predicted molar refractivity (Wildman–Crippen MR) is 189 cm³/mol. The minimum Gasteiger partial charge on any atom is -0.309 e. The third kappa shape index (κ3) is 34.5. The zero-order chi connectivity index (χ0) is 33.2. The molecule has 0 atom stereocenters. The second-order valence-electron chi connectivity index (χ2n) is 17.2. The summed E-state index contributed by atoms with van der Waals surface area (Å²) in [7, 11) is 8.49. The molecule has 244 valence electrons. The zero-order valence-electron chi connectivity index (χ0n) is 30.9. The monoisotopic (exact) mass is 587 g/mol. The van der Waals surface area contributed by atoms with E-state index in [1.165, 1.54) is 55.6 Å². The largest absolute Gasteiger partial charge is 0.309 e. The molecule has 3 heteroatoms. The van der Waals surface area contributed by atoms with Gasteiger partial charge in [0.1, 0.15) is 5.82 Å². The summed E-state index contributed by atoms with van der Waals surface area (Å²) in [6, 6.07) is 17.4. The molecule has 0 bridgehead atoms. The van der Waals surface area contributed by atoms with Crippen LogP contribution in [0.25, 0.3) is 0 Å². The first-order valence-corrected chi connectivity index (χ1v) is 16.0. The van der Waals surface area contributed by atoms with Crippen molar-refractivity contribution in [3.63, 3.8) is 0 Å². The van der Waals surface area contributed by atoms with Gasteiger partial charge in [-0.05, 0) is 118 Å². The Bertz CT molecular complexity index is 887. The first kappa shape index (κ1) is 42.4. The van der Waals surface area contributed by atoms with Crippen LogP contribution in [0.1, 0.15) is 113 Å². The highest BCUT2D eigenvalue weighted by Gasteiger charge is 2.12. The van der Waals surface area contributed by atoms with Crippen molar-refractivity contribution in [3.05, 3.63) is 71.5 Å². The molecule has 0 saturated carbocycles. The van der Waals surface area contributed by atoms with Gasteiger partial charge in [-0.2, -0.15) is 0 Å². The van der Waals surface area contributed by atoms with Crippen LogP contribution in [0.4, 0.5) is 4.39 Å². The minimum atomic E-state index is -0.160. The first-order chi connectivity index (χ1) is 18.9. The van der Waals surface area contributed by atoms with Crippen LogP contribution in [0.15, 0.2) is 54.6 Å². The van der Waals surface area contributed by atoms with Gasteiger partial charge < -0.3 is 9.80 Å². The molecule has 0 aromatic heterocycles. The number of nitrogens with zero attached hydrogens (tertiary/aromatic N) is 2. The van der Waals surface area contributed by atoms with Crippen molar-refractivity contribution in [2.24, 2.45) is 21.7 Å². The molecule has 0 heterocycles. The SMILES string of the molecule is CC(C)(C)Cc1ccc(F)cc1.CC(C)(C)Cc1ccccc1.CN(C)CCC(C)(C)C.CN(C)CCCC(C)(C)C. The maximum atomic E-state index is 12.5. The van der Waals surface area contributed by atoms with E-state index in [9.17, 15) is 4.39 Å². The maximum absolute atomic E-state index is 12.5. The quantitative estimate of drug-likeness (QED) is 0.318. The lowest BCUT2D eigenvalue weighted by atomic mass is 9.88. The number of hydrogen-bond donors (Lipinski definition) is 0. The molecule has 0 aliphatic carbocycles. The first-order valence-electron chi connectivity index (χ1n) is 16.0. The molecule has 0 aliphatic heterocycles. The van der Waals surface area contributed by atoms with Crippen LogP contribution in [0.2, 0.25) is 0 Å². The number of rotatable bonds is 7. The molecule has 2 aromatic rings. The smallest absolute Gasteiger partial charge is 0.123 e. The molecule has 2 nitrogen and oxygen atoms in total. The van der Waals surface area contributed by atoms with Gasteiger partial charge >= 0.3 is 0 Å². The fraction of sp³-hybridized carbons (Fsp3) is 0.692. The van der Waals surface area contributed by atoms with Crippen molar-refractivity contribution in [2.75, 3.05) is 41.3 Å². The summed E-state index contributed by atoms with van der Waals surface area (Å²) in [6.45, 7) is 29.4. The molecule has 2 aromatic carbocycles. The van der Waals surface area contributed by atoms with Crippen molar-refractivity contribution in [2.45, 2.75) is 115 Å². The Hall–Kier alpha value is -1.71. The Morgan fingerprint density at radius 3 is 1.17 bits per heavy atom. The fourth-order valence-electron chi connectivity index (χ4n) is 3.91. The zero-order valence-corrected chi connectivity index (χ0v) is 30.9. The minimum absolute atomic E-state index is 0.160. The van der Waals surface area contributed by atoms with E-state index in [4.69, 9.17) is 0 Å². The summed E-state index contributed by atoms with van der Waals surface area (Å²) in [4.78, 5) is 4.47. The lowest BCUT2D eigenvalue weighted by Crippen LogP contribution is -2.19. The van der Waals surface area contributed by atoms with E-state index in [0.717, 1.165) is 12.8 Å². The summed E-state index contributed by atoms with van der Waals surface area (Å²) in [5.74, 6) is -0.160. The summed E-state index contributed by atoms with van der Waals surface area (Å²) in [6.07, 6.45) is 6.07. The molecule has 0 amide bonds. The van der Waals surface area contributed by atoms with Crippen LogP contribution in [0.5, 0.6) is 0 Å². The standard InChI is InChI=1S/C11H15F.C11H16.C9H21N.C8H19N/c1-11(2,3)8-9-4-6-10(12)7-5-9;1-11(2,3)9-10-7-5-4-6-8-10;1-9(2,3)7-6-8-10(4)5;1-8(2,3)6-7-9(4)5/h4-7H,8H2,1-3H3;4-8H,9H2,1-3H3;6-8H2,1-5H3;6-7H2,1-5H3. The van der Waals surface area contributed by atoms with E-state index < -0.39 is 0 Å². The average molecular weight is 587 g/mol. The Labute approximate surface area is 263 Å². The van der Waals surface area contributed by atoms with Crippen LogP contribution in [0.3, 0.4) is 0 Å². The van der Waals surface area contributed by atoms with Gasteiger partial charge in [0.2, 0.25) is 0 Å². The van der Waals surface area contributed by atoms with E-state index in [1.54, 1.807) is 0 Å². The predicted octanol–water partition coefficient (Wildman–Crippen LogP) is 11.0. The third-order valence-electron chi connectivity index (χ3n) is 6.07. The van der Waals surface area contributed by atoms with Crippen molar-refractivity contribution >= 4 is 0 Å². The Morgan fingerprint density at radius 2 is 0.857 bits per heavy atom. The van der Waals surface area contributed by atoms with E-state index in [-0.39, 0.29) is 11.2 Å². The van der Waals surface area contributed by atoms with Gasteiger partial charge in [-0.1, -0.05) is 126 Å². The van der Waals surface area contributed by atoms with Crippen LogP contribution < -0.4 is 0 Å². The molecule has 0 aliphatic rings.